The predicted molar refractivity (Wildman–Crippen MR) is 58.8 cm³/mol. The standard InChI is InChI=1S/C10H16ClNO2/c1-4-5-6-7(2)12-9(11)8(3)10(13)14/h4-6H2,1-3H3,(H,13,14)/b9-8+,12-7+. The molecule has 0 spiro atoms. The molecule has 4 heteroatoms. The van der Waals surface area contributed by atoms with Gasteiger partial charge in [0.25, 0.3) is 0 Å². The van der Waals surface area contributed by atoms with Gasteiger partial charge in [0.1, 0.15) is 5.16 Å². The van der Waals surface area contributed by atoms with Crippen molar-refractivity contribution in [3.05, 3.63) is 10.7 Å². The van der Waals surface area contributed by atoms with Gasteiger partial charge in [-0.15, -0.1) is 0 Å². The smallest absolute Gasteiger partial charge is 0.334 e. The fourth-order valence-electron chi connectivity index (χ4n) is 0.828. The number of aliphatic carboxylic acids is 1. The average Bonchev–Trinajstić information content (AvgIpc) is 2.13. The van der Waals surface area contributed by atoms with E-state index in [1.54, 1.807) is 0 Å². The van der Waals surface area contributed by atoms with Crippen molar-refractivity contribution in [3.8, 4) is 0 Å². The van der Waals surface area contributed by atoms with Crippen LogP contribution in [0.3, 0.4) is 0 Å². The maximum absolute atomic E-state index is 10.5. The maximum atomic E-state index is 10.5. The molecular formula is C10H16ClNO2. The van der Waals surface area contributed by atoms with Crippen molar-refractivity contribution in [2.75, 3.05) is 0 Å². The van der Waals surface area contributed by atoms with Crippen molar-refractivity contribution in [1.82, 2.24) is 0 Å². The SMILES string of the molecule is CCCC/C(C)=N/C(Cl)=C(\C)C(=O)O. The van der Waals surface area contributed by atoms with Gasteiger partial charge in [-0.1, -0.05) is 24.9 Å². The van der Waals surface area contributed by atoms with E-state index in [-0.39, 0.29) is 10.7 Å². The summed E-state index contributed by atoms with van der Waals surface area (Å²) in [6.07, 6.45) is 3.00. The van der Waals surface area contributed by atoms with Gasteiger partial charge in [-0.05, 0) is 26.7 Å². The summed E-state index contributed by atoms with van der Waals surface area (Å²) in [5.74, 6) is -1.03. The monoisotopic (exact) mass is 217 g/mol. The molecule has 0 saturated heterocycles. The van der Waals surface area contributed by atoms with E-state index in [2.05, 4.69) is 11.9 Å². The van der Waals surface area contributed by atoms with E-state index in [1.807, 2.05) is 6.92 Å². The quantitative estimate of drug-likeness (QED) is 0.437. The zero-order valence-electron chi connectivity index (χ0n) is 8.80. The summed E-state index contributed by atoms with van der Waals surface area (Å²) in [7, 11) is 0. The highest BCUT2D eigenvalue weighted by atomic mass is 35.5. The van der Waals surface area contributed by atoms with E-state index in [0.29, 0.717) is 0 Å². The lowest BCUT2D eigenvalue weighted by Crippen LogP contribution is -1.99. The Morgan fingerprint density at radius 2 is 2.00 bits per heavy atom. The molecule has 0 aliphatic heterocycles. The second-order valence-corrected chi connectivity index (χ2v) is 3.53. The zero-order chi connectivity index (χ0) is 11.1. The van der Waals surface area contributed by atoms with Crippen LogP contribution in [0.4, 0.5) is 0 Å². The number of rotatable bonds is 5. The first kappa shape index (κ1) is 13.2. The Hall–Kier alpha value is -0.830. The van der Waals surface area contributed by atoms with Crippen LogP contribution in [0.2, 0.25) is 0 Å². The third-order valence-electron chi connectivity index (χ3n) is 1.81. The molecule has 3 nitrogen and oxygen atoms in total. The van der Waals surface area contributed by atoms with Crippen LogP contribution in [0.5, 0.6) is 0 Å². The van der Waals surface area contributed by atoms with E-state index in [9.17, 15) is 4.79 Å². The average molecular weight is 218 g/mol. The molecule has 0 aromatic heterocycles. The van der Waals surface area contributed by atoms with Crippen molar-refractivity contribution in [2.24, 2.45) is 4.99 Å². The minimum Gasteiger partial charge on any atom is -0.478 e. The minimum absolute atomic E-state index is 0.0751. The molecule has 0 fully saturated rings. The number of aliphatic imine (C=N–C) groups is 1. The molecule has 0 saturated carbocycles. The number of carbonyl (C=O) groups is 1. The molecule has 0 radical (unpaired) electrons. The van der Waals surface area contributed by atoms with Crippen LogP contribution in [0.25, 0.3) is 0 Å². The third-order valence-corrected chi connectivity index (χ3v) is 2.18. The summed E-state index contributed by atoms with van der Waals surface area (Å²) in [6, 6.07) is 0. The highest BCUT2D eigenvalue weighted by Gasteiger charge is 2.06. The minimum atomic E-state index is -1.03. The molecule has 0 aromatic rings. The van der Waals surface area contributed by atoms with Gasteiger partial charge in [-0.3, -0.25) is 0 Å². The van der Waals surface area contributed by atoms with Crippen LogP contribution in [-0.2, 0) is 4.79 Å². The summed E-state index contributed by atoms with van der Waals surface area (Å²) in [5, 5.41) is 8.70. The van der Waals surface area contributed by atoms with Gasteiger partial charge < -0.3 is 5.11 Å². The molecule has 0 aliphatic carbocycles. The first-order chi connectivity index (χ1) is 6.49. The highest BCUT2D eigenvalue weighted by Crippen LogP contribution is 2.12. The van der Waals surface area contributed by atoms with Crippen molar-refractivity contribution >= 4 is 23.3 Å². The second-order valence-electron chi connectivity index (χ2n) is 3.17. The number of carboxylic acids is 1. The van der Waals surface area contributed by atoms with E-state index < -0.39 is 5.97 Å². The molecule has 0 amide bonds. The topological polar surface area (TPSA) is 49.7 Å². The molecule has 0 bridgehead atoms. The Labute approximate surface area is 89.5 Å². The van der Waals surface area contributed by atoms with Crippen molar-refractivity contribution in [2.45, 2.75) is 40.0 Å². The number of halogens is 1. The Bertz CT molecular complexity index is 269. The van der Waals surface area contributed by atoms with Crippen LogP contribution in [0.1, 0.15) is 40.0 Å². The molecule has 0 aromatic carbocycles. The van der Waals surface area contributed by atoms with Gasteiger partial charge in [0.15, 0.2) is 0 Å². The number of carboxylic acid groups (broad SMARTS) is 1. The summed E-state index contributed by atoms with van der Waals surface area (Å²) in [5.41, 5.74) is 0.958. The number of hydrogen-bond donors (Lipinski definition) is 1. The summed E-state index contributed by atoms with van der Waals surface area (Å²) >= 11 is 5.71. The lowest BCUT2D eigenvalue weighted by molar-refractivity contribution is -0.132. The van der Waals surface area contributed by atoms with Crippen molar-refractivity contribution in [1.29, 1.82) is 0 Å². The molecule has 0 heterocycles. The van der Waals surface area contributed by atoms with Crippen LogP contribution in [0, 0.1) is 0 Å². The Morgan fingerprint density at radius 1 is 1.43 bits per heavy atom. The molecular weight excluding hydrogens is 202 g/mol. The van der Waals surface area contributed by atoms with Gasteiger partial charge in [-0.2, -0.15) is 0 Å². The summed E-state index contributed by atoms with van der Waals surface area (Å²) < 4.78 is 0. The number of hydrogen-bond acceptors (Lipinski definition) is 2. The van der Waals surface area contributed by atoms with Gasteiger partial charge in [-0.25, -0.2) is 9.79 Å². The first-order valence-corrected chi connectivity index (χ1v) is 5.00. The third kappa shape index (κ3) is 5.02. The van der Waals surface area contributed by atoms with E-state index in [1.165, 1.54) is 6.92 Å². The fourth-order valence-corrected chi connectivity index (χ4v) is 1.05. The van der Waals surface area contributed by atoms with E-state index in [4.69, 9.17) is 16.7 Å². The van der Waals surface area contributed by atoms with E-state index >= 15 is 0 Å². The molecule has 0 rings (SSSR count). The molecule has 80 valence electrons. The lowest BCUT2D eigenvalue weighted by atomic mass is 10.2. The van der Waals surface area contributed by atoms with Crippen molar-refractivity contribution < 1.29 is 9.90 Å². The van der Waals surface area contributed by atoms with Gasteiger partial charge in [0, 0.05) is 5.71 Å². The second kappa shape index (κ2) is 6.60. The normalized spacial score (nSPS) is 13.9. The van der Waals surface area contributed by atoms with Gasteiger partial charge in [0.05, 0.1) is 5.57 Å². The number of unbranched alkanes of at least 4 members (excludes halogenated alkanes) is 1. The Balaban J connectivity index is 4.48. The summed E-state index contributed by atoms with van der Waals surface area (Å²) in [4.78, 5) is 14.5. The Kier molecular flexibility index (Phi) is 6.21. The zero-order valence-corrected chi connectivity index (χ0v) is 9.56. The van der Waals surface area contributed by atoms with Gasteiger partial charge in [0.2, 0.25) is 0 Å². The molecule has 0 atom stereocenters. The van der Waals surface area contributed by atoms with Crippen LogP contribution < -0.4 is 0 Å². The number of nitrogens with zero attached hydrogens (tertiary/aromatic N) is 1. The van der Waals surface area contributed by atoms with Crippen molar-refractivity contribution in [3.63, 3.8) is 0 Å². The van der Waals surface area contributed by atoms with Crippen LogP contribution >= 0.6 is 11.6 Å². The summed E-state index contributed by atoms with van der Waals surface area (Å²) in [6.45, 7) is 5.39. The molecule has 14 heavy (non-hydrogen) atoms. The molecule has 0 aliphatic rings. The van der Waals surface area contributed by atoms with Gasteiger partial charge >= 0.3 is 5.97 Å². The largest absolute Gasteiger partial charge is 0.478 e. The molecule has 1 N–H and O–H groups in total. The Morgan fingerprint density at radius 3 is 2.43 bits per heavy atom. The predicted octanol–water partition coefficient (Wildman–Crippen LogP) is 3.19. The maximum Gasteiger partial charge on any atom is 0.334 e. The highest BCUT2D eigenvalue weighted by molar-refractivity contribution is 6.32. The first-order valence-electron chi connectivity index (χ1n) is 4.62. The van der Waals surface area contributed by atoms with Crippen LogP contribution in [-0.4, -0.2) is 16.8 Å². The lowest BCUT2D eigenvalue weighted by Gasteiger charge is -1.99. The fraction of sp³-hybridized carbons (Fsp3) is 0.600. The van der Waals surface area contributed by atoms with Crippen LogP contribution in [0.15, 0.2) is 15.7 Å². The van der Waals surface area contributed by atoms with E-state index in [0.717, 1.165) is 25.0 Å². The molecule has 0 unspecified atom stereocenters.